The molecule has 0 amide bonds. The van der Waals surface area contributed by atoms with Crippen LogP contribution in [0.4, 0.5) is 9.59 Å². The van der Waals surface area contributed by atoms with Gasteiger partial charge in [0.25, 0.3) is 0 Å². The normalized spacial score (nSPS) is 16.6. The van der Waals surface area contributed by atoms with Crippen molar-refractivity contribution in [3.63, 3.8) is 0 Å². The highest BCUT2D eigenvalue weighted by molar-refractivity contribution is 7.99. The third-order valence-electron chi connectivity index (χ3n) is 7.38. The lowest BCUT2D eigenvalue weighted by Gasteiger charge is -2.21. The first-order valence-corrected chi connectivity index (χ1v) is 17.8. The van der Waals surface area contributed by atoms with Crippen LogP contribution in [-0.4, -0.2) is 61.7 Å². The molecule has 8 heteroatoms. The topological polar surface area (TPSA) is 71.1 Å². The molecule has 222 valence electrons. The maximum atomic E-state index is 10.9. The molecule has 2 rings (SSSR count). The smallest absolute Gasteiger partial charge is 0.434 e. The van der Waals surface area contributed by atoms with Gasteiger partial charge < -0.3 is 18.9 Å². The second-order valence-corrected chi connectivity index (χ2v) is 13.4. The lowest BCUT2D eigenvalue weighted by atomic mass is 10.0. The molecule has 6 nitrogen and oxygen atoms in total. The number of carbonyl (C=O) groups is 2. The summed E-state index contributed by atoms with van der Waals surface area (Å²) in [5, 5.41) is 0. The van der Waals surface area contributed by atoms with Crippen LogP contribution in [0.3, 0.4) is 0 Å². The molecule has 2 heterocycles. The zero-order chi connectivity index (χ0) is 26.9. The van der Waals surface area contributed by atoms with Gasteiger partial charge in [0, 0.05) is 11.8 Å². The van der Waals surface area contributed by atoms with E-state index < -0.39 is 12.3 Å². The highest BCUT2D eigenvalue weighted by Gasteiger charge is 2.21. The lowest BCUT2D eigenvalue weighted by Crippen LogP contribution is -2.27. The molecule has 0 bridgehead atoms. The molecule has 2 aliphatic rings. The first-order chi connectivity index (χ1) is 18.7. The number of carbonyl (C=O) groups excluding carboxylic acids is 2. The van der Waals surface area contributed by atoms with Crippen molar-refractivity contribution in [1.29, 1.82) is 0 Å². The van der Waals surface area contributed by atoms with E-state index in [2.05, 4.69) is 23.5 Å². The van der Waals surface area contributed by atoms with E-state index in [0.717, 1.165) is 12.8 Å². The van der Waals surface area contributed by atoms with Crippen molar-refractivity contribution in [1.82, 2.24) is 0 Å². The number of ether oxygens (including phenoxy) is 4. The molecule has 0 atom stereocenters. The van der Waals surface area contributed by atoms with Crippen molar-refractivity contribution in [3.05, 3.63) is 0 Å². The first kappa shape index (κ1) is 33.4. The number of hydrogen-bond donors (Lipinski definition) is 0. The van der Waals surface area contributed by atoms with E-state index in [-0.39, 0.29) is 0 Å². The molecule has 0 aliphatic carbocycles. The van der Waals surface area contributed by atoms with E-state index in [1.165, 1.54) is 126 Å². The van der Waals surface area contributed by atoms with Crippen LogP contribution in [0.2, 0.25) is 0 Å². The van der Waals surface area contributed by atoms with E-state index in [9.17, 15) is 9.59 Å². The Morgan fingerprint density at radius 3 is 1.03 bits per heavy atom. The molecule has 38 heavy (non-hydrogen) atoms. The van der Waals surface area contributed by atoms with Gasteiger partial charge in [0.2, 0.25) is 0 Å². The summed E-state index contributed by atoms with van der Waals surface area (Å²) in [6.45, 7) is 2.16. The summed E-state index contributed by atoms with van der Waals surface area (Å²) in [7, 11) is 0. The van der Waals surface area contributed by atoms with Crippen LogP contribution in [0.1, 0.15) is 116 Å². The zero-order valence-corrected chi connectivity index (χ0v) is 25.4. The van der Waals surface area contributed by atoms with Gasteiger partial charge >= 0.3 is 12.3 Å². The van der Waals surface area contributed by atoms with Gasteiger partial charge in [-0.05, 0) is 61.5 Å². The fourth-order valence-electron chi connectivity index (χ4n) is 4.91. The number of thioether (sulfide) groups is 2. The van der Waals surface area contributed by atoms with Crippen LogP contribution in [0, 0.1) is 11.8 Å². The van der Waals surface area contributed by atoms with E-state index in [0.29, 0.717) is 38.3 Å². The molecule has 0 N–H and O–H groups in total. The Hall–Kier alpha value is -0.760. The fourth-order valence-corrected chi connectivity index (χ4v) is 6.95. The molecule has 0 spiro atoms. The van der Waals surface area contributed by atoms with Crippen LogP contribution < -0.4 is 0 Å². The Labute approximate surface area is 240 Å². The van der Waals surface area contributed by atoms with E-state index in [1.807, 2.05) is 0 Å². The molecular formula is C30H54O6S2. The summed E-state index contributed by atoms with van der Waals surface area (Å²) >= 11 is 4.30. The van der Waals surface area contributed by atoms with Gasteiger partial charge in [-0.3, -0.25) is 0 Å². The number of rotatable bonds is 25. The van der Waals surface area contributed by atoms with E-state index in [4.69, 9.17) is 18.9 Å². The largest absolute Gasteiger partial charge is 0.508 e. The van der Waals surface area contributed by atoms with Gasteiger partial charge in [-0.2, -0.15) is 23.5 Å². The Bertz CT molecular complexity index is 521. The minimum Gasteiger partial charge on any atom is -0.434 e. The average Bonchev–Trinajstić information content (AvgIpc) is 2.93. The third kappa shape index (κ3) is 19.3. The van der Waals surface area contributed by atoms with Gasteiger partial charge in [0.15, 0.2) is 0 Å². The highest BCUT2D eigenvalue weighted by Crippen LogP contribution is 2.19. The molecule has 0 radical (unpaired) electrons. The zero-order valence-electron chi connectivity index (χ0n) is 23.8. The molecule has 2 saturated heterocycles. The minimum atomic E-state index is -0.505. The third-order valence-corrected chi connectivity index (χ3v) is 9.69. The van der Waals surface area contributed by atoms with Gasteiger partial charge in [0.1, 0.15) is 26.4 Å². The standard InChI is InChI=1S/C30H54O6S2/c31-29-33-23-27(24-34-29)17-11-7-3-1-5-9-13-19-37-21-15-16-22-38-20-14-10-6-2-4-8-12-18-28-25-35-30(32)36-26-28/h27-28H,1-26H2. The minimum absolute atomic E-state index is 0.403. The number of hydrogen-bond acceptors (Lipinski definition) is 8. The molecule has 2 aliphatic heterocycles. The summed E-state index contributed by atoms with van der Waals surface area (Å²) in [6.07, 6.45) is 22.6. The Morgan fingerprint density at radius 2 is 0.684 bits per heavy atom. The molecular weight excluding hydrogens is 520 g/mol. The van der Waals surface area contributed by atoms with Gasteiger partial charge in [-0.25, -0.2) is 9.59 Å². The quantitative estimate of drug-likeness (QED) is 0.0790. The van der Waals surface area contributed by atoms with Crippen molar-refractivity contribution in [2.24, 2.45) is 11.8 Å². The van der Waals surface area contributed by atoms with Crippen LogP contribution in [0.15, 0.2) is 0 Å². The molecule has 0 aromatic heterocycles. The molecule has 2 fully saturated rings. The van der Waals surface area contributed by atoms with Crippen molar-refractivity contribution in [2.75, 3.05) is 49.4 Å². The van der Waals surface area contributed by atoms with Gasteiger partial charge in [-0.1, -0.05) is 77.0 Å². The summed E-state index contributed by atoms with van der Waals surface area (Å²) in [6, 6.07) is 0. The lowest BCUT2D eigenvalue weighted by molar-refractivity contribution is -0.0151. The van der Waals surface area contributed by atoms with E-state index >= 15 is 0 Å². The Morgan fingerprint density at radius 1 is 0.421 bits per heavy atom. The van der Waals surface area contributed by atoms with Crippen molar-refractivity contribution >= 4 is 35.8 Å². The monoisotopic (exact) mass is 574 g/mol. The molecule has 0 aromatic carbocycles. The maximum absolute atomic E-state index is 10.9. The van der Waals surface area contributed by atoms with Crippen LogP contribution in [-0.2, 0) is 18.9 Å². The number of unbranched alkanes of at least 4 members (excludes halogenated alkanes) is 13. The van der Waals surface area contributed by atoms with Crippen molar-refractivity contribution in [2.45, 2.75) is 116 Å². The second kappa shape index (κ2) is 24.1. The summed E-state index contributed by atoms with van der Waals surface area (Å²) < 4.78 is 19.7. The van der Waals surface area contributed by atoms with Crippen LogP contribution in [0.25, 0.3) is 0 Å². The fraction of sp³-hybridized carbons (Fsp3) is 0.933. The average molecular weight is 575 g/mol. The van der Waals surface area contributed by atoms with Crippen molar-refractivity contribution in [3.8, 4) is 0 Å². The van der Waals surface area contributed by atoms with Crippen molar-refractivity contribution < 1.29 is 28.5 Å². The molecule has 0 saturated carbocycles. The predicted octanol–water partition coefficient (Wildman–Crippen LogP) is 9.04. The highest BCUT2D eigenvalue weighted by atomic mass is 32.2. The van der Waals surface area contributed by atoms with E-state index in [1.54, 1.807) is 0 Å². The summed E-state index contributed by atoms with van der Waals surface area (Å²) in [5.74, 6) is 6.14. The molecule has 0 unspecified atom stereocenters. The van der Waals surface area contributed by atoms with Crippen LogP contribution in [0.5, 0.6) is 0 Å². The Balaban J connectivity index is 1.16. The van der Waals surface area contributed by atoms with Gasteiger partial charge in [0.05, 0.1) is 0 Å². The maximum Gasteiger partial charge on any atom is 0.508 e. The SMILES string of the molecule is O=C1OCC(CCCCCCCCCSCCCCSCCCCCCCCCC2COC(=O)OC2)CO1. The van der Waals surface area contributed by atoms with Crippen LogP contribution >= 0.6 is 23.5 Å². The second-order valence-electron chi connectivity index (χ2n) is 10.9. The molecule has 0 aromatic rings. The summed E-state index contributed by atoms with van der Waals surface area (Å²) in [5.41, 5.74) is 0. The summed E-state index contributed by atoms with van der Waals surface area (Å²) in [4.78, 5) is 21.7. The predicted molar refractivity (Wildman–Crippen MR) is 159 cm³/mol. The first-order valence-electron chi connectivity index (χ1n) is 15.5. The Kier molecular flexibility index (Phi) is 21.2. The van der Waals surface area contributed by atoms with Gasteiger partial charge in [-0.15, -0.1) is 0 Å². The number of cyclic esters (lactones) is 4.